The summed E-state index contributed by atoms with van der Waals surface area (Å²) in [5.74, 6) is -1.55. The molecule has 2 aromatic rings. The average molecular weight is 392 g/mol. The van der Waals surface area contributed by atoms with Gasteiger partial charge in [0.05, 0.1) is 23.1 Å². The van der Waals surface area contributed by atoms with Crippen LogP contribution < -0.4 is 5.32 Å². The highest BCUT2D eigenvalue weighted by Gasteiger charge is 2.39. The Morgan fingerprint density at radius 2 is 2.18 bits per heavy atom. The number of para-hydroxylation sites is 1. The van der Waals surface area contributed by atoms with Crippen molar-refractivity contribution in [3.05, 3.63) is 47.7 Å². The number of nitrogens with zero attached hydrogens (tertiary/aromatic N) is 1. The maximum Gasteiger partial charge on any atom is 0.392 e. The molecule has 150 valence electrons. The number of nitrogens with one attached hydrogen (secondary N) is 1. The minimum atomic E-state index is -4.16. The van der Waals surface area contributed by atoms with Gasteiger partial charge in [-0.15, -0.1) is 0 Å². The molecule has 1 heterocycles. The van der Waals surface area contributed by atoms with Crippen molar-refractivity contribution in [2.24, 2.45) is 5.92 Å². The lowest BCUT2D eigenvalue weighted by Gasteiger charge is -2.24. The monoisotopic (exact) mass is 392 g/mol. The summed E-state index contributed by atoms with van der Waals surface area (Å²) in [5, 5.41) is 12.8. The number of aromatic nitrogens is 1. The zero-order valence-corrected chi connectivity index (χ0v) is 15.6. The average Bonchev–Trinajstić information content (AvgIpc) is 2.66. The normalized spacial score (nSPS) is 18.6. The van der Waals surface area contributed by atoms with Gasteiger partial charge in [0.25, 0.3) is 5.91 Å². The molecule has 0 fully saturated rings. The number of pyridine rings is 1. The zero-order chi connectivity index (χ0) is 20.3. The number of amides is 1. The van der Waals surface area contributed by atoms with Crippen molar-refractivity contribution in [1.29, 1.82) is 0 Å². The topological polar surface area (TPSA) is 62.2 Å². The van der Waals surface area contributed by atoms with E-state index in [1.807, 2.05) is 18.2 Å². The van der Waals surface area contributed by atoms with E-state index >= 15 is 0 Å². The number of benzene rings is 1. The Morgan fingerprint density at radius 3 is 2.82 bits per heavy atom. The SMILES string of the molecule is CC(O)CCNC(=O)c1cnc2c(C3=CCC(C(F)(F)F)CC3)cccc2c1. The molecular weight excluding hydrogens is 369 g/mol. The molecule has 0 bridgehead atoms. The molecule has 2 unspecified atom stereocenters. The van der Waals surface area contributed by atoms with Crippen LogP contribution in [0, 0.1) is 5.92 Å². The van der Waals surface area contributed by atoms with Gasteiger partial charge in [-0.2, -0.15) is 13.2 Å². The largest absolute Gasteiger partial charge is 0.393 e. The first-order valence-electron chi connectivity index (χ1n) is 9.37. The lowest BCUT2D eigenvalue weighted by molar-refractivity contribution is -0.175. The maximum absolute atomic E-state index is 12.9. The fourth-order valence-corrected chi connectivity index (χ4v) is 3.42. The summed E-state index contributed by atoms with van der Waals surface area (Å²) in [5.41, 5.74) is 2.77. The van der Waals surface area contributed by atoms with E-state index < -0.39 is 18.2 Å². The summed E-state index contributed by atoms with van der Waals surface area (Å²) < 4.78 is 38.6. The van der Waals surface area contributed by atoms with Crippen molar-refractivity contribution in [2.45, 2.75) is 44.9 Å². The second-order valence-electron chi connectivity index (χ2n) is 7.24. The number of carbonyl (C=O) groups is 1. The number of allylic oxidation sites excluding steroid dienone is 2. The van der Waals surface area contributed by atoms with Crippen LogP contribution in [0.5, 0.6) is 0 Å². The summed E-state index contributed by atoms with van der Waals surface area (Å²) in [6.45, 7) is 2.02. The Labute approximate surface area is 161 Å². The number of aliphatic hydroxyl groups is 1. The lowest BCUT2D eigenvalue weighted by Crippen LogP contribution is -2.26. The number of hydrogen-bond donors (Lipinski definition) is 2. The summed E-state index contributed by atoms with van der Waals surface area (Å²) >= 11 is 0. The van der Waals surface area contributed by atoms with Gasteiger partial charge in [-0.05, 0) is 44.2 Å². The first-order chi connectivity index (χ1) is 13.3. The van der Waals surface area contributed by atoms with Crippen LogP contribution in [0.15, 0.2) is 36.5 Å². The number of rotatable bonds is 5. The van der Waals surface area contributed by atoms with Crippen molar-refractivity contribution in [1.82, 2.24) is 10.3 Å². The molecule has 0 spiro atoms. The van der Waals surface area contributed by atoms with E-state index in [-0.39, 0.29) is 18.7 Å². The van der Waals surface area contributed by atoms with E-state index in [4.69, 9.17) is 0 Å². The zero-order valence-electron chi connectivity index (χ0n) is 15.6. The third-order valence-corrected chi connectivity index (χ3v) is 5.04. The minimum Gasteiger partial charge on any atom is -0.393 e. The fraction of sp³-hybridized carbons (Fsp3) is 0.429. The predicted molar refractivity (Wildman–Crippen MR) is 102 cm³/mol. The molecule has 1 aromatic heterocycles. The molecule has 1 aromatic carbocycles. The molecule has 0 saturated carbocycles. The summed E-state index contributed by atoms with van der Waals surface area (Å²) in [6, 6.07) is 7.24. The molecule has 1 aliphatic rings. The van der Waals surface area contributed by atoms with Gasteiger partial charge in [0.2, 0.25) is 0 Å². The van der Waals surface area contributed by atoms with Crippen molar-refractivity contribution in [3.63, 3.8) is 0 Å². The number of carbonyl (C=O) groups excluding carboxylic acids is 1. The smallest absolute Gasteiger partial charge is 0.392 e. The molecule has 7 heteroatoms. The molecule has 1 aliphatic carbocycles. The summed E-state index contributed by atoms with van der Waals surface area (Å²) in [6.07, 6.45) is -0.626. The molecule has 3 rings (SSSR count). The Balaban J connectivity index is 1.81. The van der Waals surface area contributed by atoms with Crippen LogP contribution in [0.1, 0.15) is 48.5 Å². The minimum absolute atomic E-state index is 0.0149. The number of fused-ring (bicyclic) bond motifs is 1. The Kier molecular flexibility index (Phi) is 6.03. The van der Waals surface area contributed by atoms with Gasteiger partial charge in [0.15, 0.2) is 0 Å². The van der Waals surface area contributed by atoms with Gasteiger partial charge >= 0.3 is 6.18 Å². The predicted octanol–water partition coefficient (Wildman–Crippen LogP) is 4.48. The molecule has 0 radical (unpaired) electrons. The number of alkyl halides is 3. The maximum atomic E-state index is 12.9. The van der Waals surface area contributed by atoms with Crippen LogP contribution in [0.3, 0.4) is 0 Å². The molecule has 2 N–H and O–H groups in total. The molecule has 28 heavy (non-hydrogen) atoms. The van der Waals surface area contributed by atoms with Crippen LogP contribution >= 0.6 is 0 Å². The van der Waals surface area contributed by atoms with E-state index in [2.05, 4.69) is 10.3 Å². The van der Waals surface area contributed by atoms with Crippen molar-refractivity contribution in [3.8, 4) is 0 Å². The van der Waals surface area contributed by atoms with Gasteiger partial charge in [-0.1, -0.05) is 24.3 Å². The van der Waals surface area contributed by atoms with E-state index in [0.29, 0.717) is 30.5 Å². The highest BCUT2D eigenvalue weighted by Crippen LogP contribution is 2.40. The Bertz CT molecular complexity index is 891. The lowest BCUT2D eigenvalue weighted by atomic mass is 9.85. The van der Waals surface area contributed by atoms with Crippen LogP contribution in [0.25, 0.3) is 16.5 Å². The standard InChI is InChI=1S/C21H23F3N2O2/c1-13(27)9-10-25-20(28)16-11-15-3-2-4-18(19(15)26-12-16)14-5-7-17(8-6-14)21(22,23)24/h2-5,11-13,17,27H,6-10H2,1H3,(H,25,28). The third kappa shape index (κ3) is 4.70. The Morgan fingerprint density at radius 1 is 1.39 bits per heavy atom. The van der Waals surface area contributed by atoms with E-state index in [0.717, 1.165) is 16.5 Å². The number of aliphatic hydroxyl groups excluding tert-OH is 1. The number of hydrogen-bond acceptors (Lipinski definition) is 3. The molecule has 4 nitrogen and oxygen atoms in total. The first kappa shape index (κ1) is 20.3. The van der Waals surface area contributed by atoms with Crippen molar-refractivity contribution < 1.29 is 23.1 Å². The second kappa shape index (κ2) is 8.31. The quantitative estimate of drug-likeness (QED) is 0.789. The van der Waals surface area contributed by atoms with E-state index in [1.165, 1.54) is 6.20 Å². The van der Waals surface area contributed by atoms with Crippen LogP contribution in [-0.4, -0.2) is 34.8 Å². The Hall–Kier alpha value is -2.41. The van der Waals surface area contributed by atoms with Crippen LogP contribution in [0.4, 0.5) is 13.2 Å². The van der Waals surface area contributed by atoms with Gasteiger partial charge < -0.3 is 10.4 Å². The van der Waals surface area contributed by atoms with E-state index in [9.17, 15) is 23.1 Å². The highest BCUT2D eigenvalue weighted by molar-refractivity contribution is 5.99. The fourth-order valence-electron chi connectivity index (χ4n) is 3.42. The summed E-state index contributed by atoms with van der Waals surface area (Å²) in [4.78, 5) is 16.7. The highest BCUT2D eigenvalue weighted by atomic mass is 19.4. The van der Waals surface area contributed by atoms with Gasteiger partial charge in [0.1, 0.15) is 0 Å². The van der Waals surface area contributed by atoms with Crippen LogP contribution in [-0.2, 0) is 0 Å². The van der Waals surface area contributed by atoms with Gasteiger partial charge in [-0.25, -0.2) is 0 Å². The van der Waals surface area contributed by atoms with Crippen molar-refractivity contribution >= 4 is 22.4 Å². The van der Waals surface area contributed by atoms with E-state index in [1.54, 1.807) is 19.1 Å². The summed E-state index contributed by atoms with van der Waals surface area (Å²) in [7, 11) is 0. The number of halogens is 3. The second-order valence-corrected chi connectivity index (χ2v) is 7.24. The van der Waals surface area contributed by atoms with Crippen molar-refractivity contribution in [2.75, 3.05) is 6.54 Å². The molecule has 2 atom stereocenters. The van der Waals surface area contributed by atoms with Gasteiger partial charge in [0, 0.05) is 23.7 Å². The first-order valence-corrected chi connectivity index (χ1v) is 9.37. The molecule has 0 aliphatic heterocycles. The third-order valence-electron chi connectivity index (χ3n) is 5.04. The van der Waals surface area contributed by atoms with Gasteiger partial charge in [-0.3, -0.25) is 9.78 Å². The molecular formula is C21H23F3N2O2. The van der Waals surface area contributed by atoms with Crippen LogP contribution in [0.2, 0.25) is 0 Å². The molecule has 0 saturated heterocycles. The molecule has 1 amide bonds.